The van der Waals surface area contributed by atoms with Crippen LogP contribution in [0.4, 0.5) is 11.4 Å². The fraction of sp³-hybridized carbons (Fsp3) is 0.125. The van der Waals surface area contributed by atoms with Gasteiger partial charge in [-0.15, -0.1) is 11.8 Å². The molecule has 2 amide bonds. The predicted molar refractivity (Wildman–Crippen MR) is 90.1 cm³/mol. The zero-order valence-electron chi connectivity index (χ0n) is 11.3. The van der Waals surface area contributed by atoms with Crippen molar-refractivity contribution in [1.29, 1.82) is 0 Å². The van der Waals surface area contributed by atoms with Gasteiger partial charge in [-0.1, -0.05) is 28.1 Å². The summed E-state index contributed by atoms with van der Waals surface area (Å²) in [4.78, 5) is 27.6. The lowest BCUT2D eigenvalue weighted by Crippen LogP contribution is -2.37. The van der Waals surface area contributed by atoms with Crippen molar-refractivity contribution >= 4 is 50.9 Å². The van der Waals surface area contributed by atoms with Crippen LogP contribution in [0.5, 0.6) is 0 Å². The Balaban J connectivity index is 1.71. The minimum Gasteiger partial charge on any atom is -0.371 e. The molecular formula is C16H11BrN2O2S. The topological polar surface area (TPSA) is 49.4 Å². The van der Waals surface area contributed by atoms with E-state index < -0.39 is 11.3 Å². The number of amides is 2. The number of anilines is 2. The van der Waals surface area contributed by atoms with E-state index in [0.29, 0.717) is 5.69 Å². The van der Waals surface area contributed by atoms with Gasteiger partial charge >= 0.3 is 0 Å². The van der Waals surface area contributed by atoms with Crippen LogP contribution in [0.3, 0.4) is 0 Å². The van der Waals surface area contributed by atoms with E-state index in [1.54, 1.807) is 12.1 Å². The summed E-state index contributed by atoms with van der Waals surface area (Å²) in [5, 5.41) is 2.80. The molecule has 0 aliphatic carbocycles. The number of para-hydroxylation sites is 1. The monoisotopic (exact) mass is 374 g/mol. The molecule has 22 heavy (non-hydrogen) atoms. The fourth-order valence-electron chi connectivity index (χ4n) is 2.74. The van der Waals surface area contributed by atoms with Crippen LogP contribution in [0.1, 0.15) is 0 Å². The summed E-state index contributed by atoms with van der Waals surface area (Å²) in [6.45, 7) is 0. The number of nitrogens with one attached hydrogen (secondary N) is 1. The van der Waals surface area contributed by atoms with E-state index in [1.807, 2.05) is 36.4 Å². The van der Waals surface area contributed by atoms with Crippen molar-refractivity contribution in [2.75, 3.05) is 10.2 Å². The molecule has 2 aromatic carbocycles. The largest absolute Gasteiger partial charge is 0.371 e. The van der Waals surface area contributed by atoms with E-state index in [0.717, 1.165) is 15.1 Å². The number of thioether (sulfide) groups is 1. The molecule has 0 radical (unpaired) electrons. The first-order chi connectivity index (χ1) is 10.6. The first kappa shape index (κ1) is 13.8. The molecule has 1 N–H and O–H groups in total. The van der Waals surface area contributed by atoms with Gasteiger partial charge in [-0.3, -0.25) is 9.59 Å². The first-order valence-electron chi connectivity index (χ1n) is 6.81. The molecule has 4 nitrogen and oxygen atoms in total. The van der Waals surface area contributed by atoms with E-state index in [9.17, 15) is 9.59 Å². The maximum Gasteiger partial charge on any atom is 0.258 e. The zero-order valence-corrected chi connectivity index (χ0v) is 13.7. The lowest BCUT2D eigenvalue weighted by Gasteiger charge is -2.25. The van der Waals surface area contributed by atoms with Crippen LogP contribution in [0.2, 0.25) is 0 Å². The van der Waals surface area contributed by atoms with Crippen molar-refractivity contribution in [3.8, 4) is 0 Å². The van der Waals surface area contributed by atoms with Crippen molar-refractivity contribution in [2.45, 2.75) is 16.2 Å². The Hall–Kier alpha value is -1.79. The Morgan fingerprint density at radius 2 is 1.73 bits per heavy atom. The highest BCUT2D eigenvalue weighted by Gasteiger charge is 2.51. The molecule has 0 saturated carbocycles. The molecule has 0 unspecified atom stereocenters. The van der Waals surface area contributed by atoms with Crippen molar-refractivity contribution < 1.29 is 9.59 Å². The van der Waals surface area contributed by atoms with Crippen LogP contribution >= 0.6 is 27.7 Å². The van der Waals surface area contributed by atoms with Gasteiger partial charge in [0.05, 0.1) is 5.69 Å². The Labute approximate surface area is 140 Å². The summed E-state index contributed by atoms with van der Waals surface area (Å²) in [6, 6.07) is 14.4. The summed E-state index contributed by atoms with van der Waals surface area (Å²) < 4.78 is 0.910. The second-order valence-corrected chi connectivity index (χ2v) is 7.24. The SMILES string of the molecule is O=C1[C@H]2Nc3ccccc3S[C@@H]2C(=O)N1c1ccc(Br)cc1. The van der Waals surface area contributed by atoms with Crippen molar-refractivity contribution in [3.05, 3.63) is 53.0 Å². The molecule has 1 fully saturated rings. The third-order valence-electron chi connectivity index (χ3n) is 3.79. The number of carbonyl (C=O) groups excluding carboxylic acids is 2. The van der Waals surface area contributed by atoms with Crippen molar-refractivity contribution in [2.24, 2.45) is 0 Å². The molecule has 6 heteroatoms. The average Bonchev–Trinajstić information content (AvgIpc) is 2.78. The Kier molecular flexibility index (Phi) is 3.23. The second-order valence-electron chi connectivity index (χ2n) is 5.14. The molecule has 4 rings (SSSR count). The molecule has 2 aliphatic heterocycles. The molecule has 2 aliphatic rings. The summed E-state index contributed by atoms with van der Waals surface area (Å²) >= 11 is 4.82. The van der Waals surface area contributed by atoms with E-state index in [4.69, 9.17) is 0 Å². The highest BCUT2D eigenvalue weighted by molar-refractivity contribution is 9.10. The van der Waals surface area contributed by atoms with Crippen LogP contribution in [0.15, 0.2) is 57.9 Å². The van der Waals surface area contributed by atoms with Crippen LogP contribution in [-0.4, -0.2) is 23.1 Å². The number of hydrogen-bond donors (Lipinski definition) is 1. The standard InChI is InChI=1S/C16H11BrN2O2S/c17-9-5-7-10(8-6-9)19-15(20)13-14(16(19)21)22-12-4-2-1-3-11(12)18-13/h1-8,13-14,18H/t13-,14-/m0/s1. The van der Waals surface area contributed by atoms with Crippen molar-refractivity contribution in [1.82, 2.24) is 0 Å². The lowest BCUT2D eigenvalue weighted by atomic mass is 10.2. The van der Waals surface area contributed by atoms with Gasteiger partial charge in [-0.25, -0.2) is 4.90 Å². The first-order valence-corrected chi connectivity index (χ1v) is 8.48. The number of benzene rings is 2. The number of halogens is 1. The molecule has 0 bridgehead atoms. The molecule has 0 spiro atoms. The van der Waals surface area contributed by atoms with E-state index >= 15 is 0 Å². The maximum absolute atomic E-state index is 12.7. The number of imide groups is 1. The third kappa shape index (κ3) is 2.06. The van der Waals surface area contributed by atoms with Gasteiger partial charge in [0.2, 0.25) is 5.91 Å². The summed E-state index contributed by atoms with van der Waals surface area (Å²) in [6.07, 6.45) is 0. The van der Waals surface area contributed by atoms with E-state index in [2.05, 4.69) is 21.2 Å². The molecule has 110 valence electrons. The van der Waals surface area contributed by atoms with Gasteiger partial charge in [-0.2, -0.15) is 0 Å². The van der Waals surface area contributed by atoms with E-state index in [-0.39, 0.29) is 11.8 Å². The van der Waals surface area contributed by atoms with Gasteiger partial charge < -0.3 is 5.32 Å². The molecule has 2 atom stereocenters. The van der Waals surface area contributed by atoms with Crippen molar-refractivity contribution in [3.63, 3.8) is 0 Å². The highest BCUT2D eigenvalue weighted by atomic mass is 79.9. The lowest BCUT2D eigenvalue weighted by molar-refractivity contribution is -0.121. The summed E-state index contributed by atoms with van der Waals surface area (Å²) in [7, 11) is 0. The summed E-state index contributed by atoms with van der Waals surface area (Å²) in [5.41, 5.74) is 1.52. The molecular weight excluding hydrogens is 364 g/mol. The fourth-order valence-corrected chi connectivity index (χ4v) is 4.22. The van der Waals surface area contributed by atoms with Gasteiger partial charge in [0.25, 0.3) is 5.91 Å². The third-order valence-corrected chi connectivity index (χ3v) is 5.66. The van der Waals surface area contributed by atoms with Crippen LogP contribution in [-0.2, 0) is 9.59 Å². The smallest absolute Gasteiger partial charge is 0.258 e. The van der Waals surface area contributed by atoms with Gasteiger partial charge in [0, 0.05) is 15.1 Å². The Morgan fingerprint density at radius 1 is 1.00 bits per heavy atom. The van der Waals surface area contributed by atoms with E-state index in [1.165, 1.54) is 16.7 Å². The second kappa shape index (κ2) is 5.14. The molecule has 2 aromatic rings. The quantitative estimate of drug-likeness (QED) is 0.778. The van der Waals surface area contributed by atoms with Gasteiger partial charge in [0.1, 0.15) is 11.3 Å². The minimum absolute atomic E-state index is 0.163. The molecule has 2 heterocycles. The van der Waals surface area contributed by atoms with Crippen LogP contribution < -0.4 is 10.2 Å². The number of fused-ring (bicyclic) bond motifs is 2. The van der Waals surface area contributed by atoms with Gasteiger partial charge in [-0.05, 0) is 36.4 Å². The maximum atomic E-state index is 12.7. The predicted octanol–water partition coefficient (Wildman–Crippen LogP) is 3.28. The number of nitrogens with zero attached hydrogens (tertiary/aromatic N) is 1. The Morgan fingerprint density at radius 3 is 2.50 bits per heavy atom. The minimum atomic E-state index is -0.504. The van der Waals surface area contributed by atoms with Crippen LogP contribution in [0, 0.1) is 0 Å². The molecule has 0 aromatic heterocycles. The number of carbonyl (C=O) groups is 2. The van der Waals surface area contributed by atoms with Gasteiger partial charge in [0.15, 0.2) is 0 Å². The molecule has 1 saturated heterocycles. The zero-order chi connectivity index (χ0) is 15.3. The summed E-state index contributed by atoms with van der Waals surface area (Å²) in [5.74, 6) is -0.358. The highest BCUT2D eigenvalue weighted by Crippen LogP contribution is 2.42. The van der Waals surface area contributed by atoms with Crippen LogP contribution in [0.25, 0.3) is 0 Å². The Bertz CT molecular complexity index is 735. The number of rotatable bonds is 1. The normalized spacial score (nSPS) is 23.0. The average molecular weight is 375 g/mol. The number of hydrogen-bond acceptors (Lipinski definition) is 4.